The lowest BCUT2D eigenvalue weighted by molar-refractivity contribution is -0.124. The molecule has 7 heteroatoms. The van der Waals surface area contributed by atoms with Crippen molar-refractivity contribution in [1.82, 2.24) is 20.8 Å². The first-order valence-corrected chi connectivity index (χ1v) is 7.10. The van der Waals surface area contributed by atoms with Crippen molar-refractivity contribution in [3.63, 3.8) is 0 Å². The van der Waals surface area contributed by atoms with Crippen LogP contribution in [-0.4, -0.2) is 34.0 Å². The van der Waals surface area contributed by atoms with Crippen LogP contribution in [0.2, 0.25) is 0 Å². The molecule has 1 aromatic heterocycles. The van der Waals surface area contributed by atoms with Crippen molar-refractivity contribution in [3.8, 4) is 0 Å². The van der Waals surface area contributed by atoms with Gasteiger partial charge in [-0.1, -0.05) is 12.1 Å². The maximum Gasteiger partial charge on any atom is 0.292 e. The van der Waals surface area contributed by atoms with Gasteiger partial charge in [0.2, 0.25) is 11.8 Å². The van der Waals surface area contributed by atoms with E-state index >= 15 is 0 Å². The topological polar surface area (TPSA) is 97.1 Å². The largest absolute Gasteiger partial charge is 0.351 e. The van der Waals surface area contributed by atoms with Crippen molar-refractivity contribution in [2.45, 2.75) is 51.1 Å². The van der Waals surface area contributed by atoms with E-state index in [1.54, 1.807) is 0 Å². The van der Waals surface area contributed by atoms with Gasteiger partial charge in [0.25, 0.3) is 11.7 Å². The molecule has 1 aliphatic carbocycles. The Hall–Kier alpha value is -1.92. The lowest BCUT2D eigenvalue weighted by Crippen LogP contribution is -2.56. The SMILES string of the molecule is CCc1nc(C(=O)N[C@@H]2CCC(=O)N[C@H]2C2CC2)no1. The van der Waals surface area contributed by atoms with E-state index in [4.69, 9.17) is 4.52 Å². The Kier molecular flexibility index (Phi) is 3.42. The van der Waals surface area contributed by atoms with E-state index < -0.39 is 0 Å². The van der Waals surface area contributed by atoms with Gasteiger partial charge in [0.1, 0.15) is 0 Å². The highest BCUT2D eigenvalue weighted by atomic mass is 16.5. The molecule has 1 aliphatic heterocycles. The number of aromatic nitrogens is 2. The van der Waals surface area contributed by atoms with Gasteiger partial charge >= 0.3 is 0 Å². The molecular formula is C13H18N4O3. The summed E-state index contributed by atoms with van der Waals surface area (Å²) in [5.41, 5.74) is 0. The highest BCUT2D eigenvalue weighted by molar-refractivity contribution is 5.90. The van der Waals surface area contributed by atoms with Gasteiger partial charge in [-0.05, 0) is 25.2 Å². The molecule has 1 aromatic rings. The molecule has 2 fully saturated rings. The summed E-state index contributed by atoms with van der Waals surface area (Å²) in [6, 6.07) is -0.00553. The summed E-state index contributed by atoms with van der Waals surface area (Å²) in [7, 11) is 0. The number of aryl methyl sites for hydroxylation is 1. The van der Waals surface area contributed by atoms with Gasteiger partial charge in [-0.15, -0.1) is 0 Å². The molecule has 0 unspecified atom stereocenters. The summed E-state index contributed by atoms with van der Waals surface area (Å²) >= 11 is 0. The Bertz CT molecular complexity index is 523. The average Bonchev–Trinajstić information content (AvgIpc) is 3.17. The van der Waals surface area contributed by atoms with Crippen molar-refractivity contribution in [1.29, 1.82) is 0 Å². The molecular weight excluding hydrogens is 260 g/mol. The highest BCUT2D eigenvalue weighted by Gasteiger charge is 2.40. The fourth-order valence-electron chi connectivity index (χ4n) is 2.61. The van der Waals surface area contributed by atoms with Crippen molar-refractivity contribution in [2.75, 3.05) is 0 Å². The molecule has 1 saturated heterocycles. The molecule has 0 aromatic carbocycles. The Morgan fingerprint density at radius 2 is 2.25 bits per heavy atom. The molecule has 1 saturated carbocycles. The molecule has 2 heterocycles. The van der Waals surface area contributed by atoms with E-state index in [0.717, 1.165) is 12.8 Å². The van der Waals surface area contributed by atoms with Gasteiger partial charge in [-0.2, -0.15) is 4.98 Å². The summed E-state index contributed by atoms with van der Waals surface area (Å²) < 4.78 is 4.94. The zero-order valence-corrected chi connectivity index (χ0v) is 11.4. The van der Waals surface area contributed by atoms with E-state index in [1.165, 1.54) is 0 Å². The molecule has 0 radical (unpaired) electrons. The number of hydrogen-bond donors (Lipinski definition) is 2. The van der Waals surface area contributed by atoms with Crippen LogP contribution in [0, 0.1) is 5.92 Å². The average molecular weight is 278 g/mol. The van der Waals surface area contributed by atoms with Crippen LogP contribution in [0.3, 0.4) is 0 Å². The number of rotatable bonds is 4. The minimum atomic E-state index is -0.333. The van der Waals surface area contributed by atoms with Crippen molar-refractivity contribution in [3.05, 3.63) is 11.7 Å². The monoisotopic (exact) mass is 278 g/mol. The summed E-state index contributed by atoms with van der Waals surface area (Å²) in [5.74, 6) is 0.737. The minimum absolute atomic E-state index is 0.0396. The normalized spacial score (nSPS) is 26.1. The minimum Gasteiger partial charge on any atom is -0.351 e. The first-order valence-electron chi connectivity index (χ1n) is 7.10. The van der Waals surface area contributed by atoms with E-state index in [-0.39, 0.29) is 29.7 Å². The zero-order chi connectivity index (χ0) is 14.1. The summed E-state index contributed by atoms with van der Waals surface area (Å²) in [6.07, 6.45) is 3.93. The number of nitrogens with zero attached hydrogens (tertiary/aromatic N) is 2. The van der Waals surface area contributed by atoms with Crippen molar-refractivity contribution >= 4 is 11.8 Å². The lowest BCUT2D eigenvalue weighted by Gasteiger charge is -2.32. The molecule has 0 bridgehead atoms. The molecule has 108 valence electrons. The molecule has 2 aliphatic rings. The number of carbonyl (C=O) groups excluding carboxylic acids is 2. The van der Waals surface area contributed by atoms with E-state index in [0.29, 0.717) is 31.1 Å². The van der Waals surface area contributed by atoms with E-state index in [1.807, 2.05) is 6.92 Å². The van der Waals surface area contributed by atoms with Crippen LogP contribution in [0.15, 0.2) is 4.52 Å². The molecule has 20 heavy (non-hydrogen) atoms. The number of piperidine rings is 1. The Labute approximate surface area is 116 Å². The van der Waals surface area contributed by atoms with Crippen LogP contribution < -0.4 is 10.6 Å². The summed E-state index contributed by atoms with van der Waals surface area (Å²) in [5, 5.41) is 9.58. The molecule has 7 nitrogen and oxygen atoms in total. The molecule has 2 amide bonds. The Morgan fingerprint density at radius 1 is 1.45 bits per heavy atom. The smallest absolute Gasteiger partial charge is 0.292 e. The zero-order valence-electron chi connectivity index (χ0n) is 11.4. The lowest BCUT2D eigenvalue weighted by atomic mass is 9.94. The molecule has 2 N–H and O–H groups in total. The van der Waals surface area contributed by atoms with Gasteiger partial charge in [-0.3, -0.25) is 9.59 Å². The fourth-order valence-corrected chi connectivity index (χ4v) is 2.61. The standard InChI is InChI=1S/C13H18N4O3/c1-2-10-16-12(17-20-10)13(19)14-8-5-6-9(18)15-11(8)7-3-4-7/h7-8,11H,2-6H2,1H3,(H,14,19)(H,15,18)/t8-,11+/m1/s1. The Balaban J connectivity index is 1.66. The van der Waals surface area contributed by atoms with Gasteiger partial charge in [0.15, 0.2) is 0 Å². The second-order valence-electron chi connectivity index (χ2n) is 5.41. The van der Waals surface area contributed by atoms with Gasteiger partial charge in [0, 0.05) is 12.8 Å². The maximum absolute atomic E-state index is 12.1. The number of hydrogen-bond acceptors (Lipinski definition) is 5. The Morgan fingerprint density at radius 3 is 2.90 bits per heavy atom. The molecule has 2 atom stereocenters. The van der Waals surface area contributed by atoms with E-state index in [9.17, 15) is 9.59 Å². The number of amides is 2. The van der Waals surface area contributed by atoms with Gasteiger partial charge in [0.05, 0.1) is 12.1 Å². The molecule has 3 rings (SSSR count). The van der Waals surface area contributed by atoms with Crippen molar-refractivity contribution in [2.24, 2.45) is 5.92 Å². The van der Waals surface area contributed by atoms with Gasteiger partial charge < -0.3 is 15.2 Å². The first-order chi connectivity index (χ1) is 9.67. The summed E-state index contributed by atoms with van der Waals surface area (Å²) in [6.45, 7) is 1.88. The van der Waals surface area contributed by atoms with Crippen LogP contribution in [0.25, 0.3) is 0 Å². The van der Waals surface area contributed by atoms with Crippen LogP contribution in [-0.2, 0) is 11.2 Å². The predicted molar refractivity (Wildman–Crippen MR) is 68.8 cm³/mol. The highest BCUT2D eigenvalue weighted by Crippen LogP contribution is 2.36. The third-order valence-electron chi connectivity index (χ3n) is 3.86. The maximum atomic E-state index is 12.1. The number of nitrogens with one attached hydrogen (secondary N) is 2. The second kappa shape index (κ2) is 5.22. The van der Waals surface area contributed by atoms with Gasteiger partial charge in [-0.25, -0.2) is 0 Å². The number of carbonyl (C=O) groups is 2. The fraction of sp³-hybridized carbons (Fsp3) is 0.692. The van der Waals surface area contributed by atoms with Crippen LogP contribution in [0.1, 0.15) is 49.1 Å². The second-order valence-corrected chi connectivity index (χ2v) is 5.41. The van der Waals surface area contributed by atoms with Crippen LogP contribution in [0.4, 0.5) is 0 Å². The quantitative estimate of drug-likeness (QED) is 0.832. The third-order valence-corrected chi connectivity index (χ3v) is 3.86. The van der Waals surface area contributed by atoms with Crippen LogP contribution in [0.5, 0.6) is 0 Å². The third kappa shape index (κ3) is 2.66. The van der Waals surface area contributed by atoms with Crippen LogP contribution >= 0.6 is 0 Å². The first kappa shape index (κ1) is 13.1. The van der Waals surface area contributed by atoms with Crippen molar-refractivity contribution < 1.29 is 14.1 Å². The molecule has 0 spiro atoms. The van der Waals surface area contributed by atoms with E-state index in [2.05, 4.69) is 20.8 Å². The predicted octanol–water partition coefficient (Wildman–Crippen LogP) is 0.419. The summed E-state index contributed by atoms with van der Waals surface area (Å²) in [4.78, 5) is 27.6.